The molecule has 32 heavy (non-hydrogen) atoms. The first kappa shape index (κ1) is 22.6. The zero-order valence-corrected chi connectivity index (χ0v) is 19.5. The van der Waals surface area contributed by atoms with Crippen LogP contribution in [0.25, 0.3) is 0 Å². The molecule has 0 spiro atoms. The molecule has 0 bridgehead atoms. The quantitative estimate of drug-likeness (QED) is 0.427. The van der Waals surface area contributed by atoms with Gasteiger partial charge in [-0.2, -0.15) is 4.37 Å². The van der Waals surface area contributed by atoms with Gasteiger partial charge in [-0.1, -0.05) is 29.3 Å². The summed E-state index contributed by atoms with van der Waals surface area (Å²) in [6.07, 6.45) is 3.79. The molecule has 0 aliphatic carbocycles. The predicted octanol–water partition coefficient (Wildman–Crippen LogP) is 4.41. The summed E-state index contributed by atoms with van der Waals surface area (Å²) in [5.41, 5.74) is 8.66. The summed E-state index contributed by atoms with van der Waals surface area (Å²) in [4.78, 5) is 5.14. The molecule has 0 unspecified atom stereocenters. The molecule has 1 aromatic heterocycles. The van der Waals surface area contributed by atoms with Crippen LogP contribution in [0.2, 0.25) is 10.0 Å². The molecule has 0 saturated carbocycles. The summed E-state index contributed by atoms with van der Waals surface area (Å²) < 4.78 is 45.6. The van der Waals surface area contributed by atoms with Crippen LogP contribution in [0, 0.1) is 5.82 Å². The van der Waals surface area contributed by atoms with E-state index in [0.717, 1.165) is 53.6 Å². The van der Waals surface area contributed by atoms with Crippen molar-refractivity contribution >= 4 is 61.3 Å². The van der Waals surface area contributed by atoms with Crippen molar-refractivity contribution in [1.29, 1.82) is 0 Å². The van der Waals surface area contributed by atoms with Crippen molar-refractivity contribution in [2.24, 2.45) is 5.73 Å². The average Bonchev–Trinajstić information content (AvgIpc) is 3.40. The fraction of sp³-hybridized carbons (Fsp3) is 0.158. The van der Waals surface area contributed by atoms with Gasteiger partial charge < -0.3 is 16.0 Å². The molecule has 4 rings (SSSR count). The zero-order chi connectivity index (χ0) is 22.9. The van der Waals surface area contributed by atoms with Gasteiger partial charge in [0.1, 0.15) is 17.0 Å². The highest BCUT2D eigenvalue weighted by Gasteiger charge is 2.23. The Labute approximate surface area is 198 Å². The van der Waals surface area contributed by atoms with E-state index in [0.29, 0.717) is 11.6 Å². The third-order valence-electron chi connectivity index (χ3n) is 4.68. The van der Waals surface area contributed by atoms with E-state index in [2.05, 4.69) is 19.4 Å². The van der Waals surface area contributed by atoms with Gasteiger partial charge in [0.2, 0.25) is 5.13 Å². The highest BCUT2D eigenvalue weighted by atomic mass is 35.5. The van der Waals surface area contributed by atoms with Crippen molar-refractivity contribution in [2.75, 3.05) is 21.5 Å². The Bertz CT molecular complexity index is 1290. The second kappa shape index (κ2) is 9.10. The predicted molar refractivity (Wildman–Crippen MR) is 125 cm³/mol. The number of nitrogens with zero attached hydrogens (tertiary/aromatic N) is 3. The summed E-state index contributed by atoms with van der Waals surface area (Å²) in [5, 5.41) is 3.70. The van der Waals surface area contributed by atoms with Gasteiger partial charge in [0.15, 0.2) is 0 Å². The highest BCUT2D eigenvalue weighted by Crippen LogP contribution is 2.32. The van der Waals surface area contributed by atoms with Gasteiger partial charge in [-0.15, -0.1) is 0 Å². The van der Waals surface area contributed by atoms with Gasteiger partial charge in [0, 0.05) is 53.6 Å². The molecule has 3 aromatic rings. The lowest BCUT2D eigenvalue weighted by molar-refractivity contribution is 0.570. The SMILES string of the molecule is NC1=CN(c2cc(Cl)ccc2CNc2cc(F)c(S(=O)(=O)Nc3ncns3)cc2Cl)CC1. The maximum Gasteiger partial charge on any atom is 0.266 e. The van der Waals surface area contributed by atoms with Crippen molar-refractivity contribution in [1.82, 2.24) is 9.36 Å². The Morgan fingerprint density at radius 1 is 1.25 bits per heavy atom. The first-order chi connectivity index (χ1) is 15.2. The number of hydrogen-bond donors (Lipinski definition) is 3. The minimum absolute atomic E-state index is 0.0228. The lowest BCUT2D eigenvalue weighted by Gasteiger charge is -2.21. The van der Waals surface area contributed by atoms with Crippen LogP contribution in [0.3, 0.4) is 0 Å². The lowest BCUT2D eigenvalue weighted by atomic mass is 10.1. The summed E-state index contributed by atoms with van der Waals surface area (Å²) in [6, 6.07) is 7.52. The number of nitrogens with one attached hydrogen (secondary N) is 2. The molecule has 168 valence electrons. The molecule has 1 aliphatic rings. The van der Waals surface area contributed by atoms with Crippen LogP contribution in [-0.2, 0) is 16.6 Å². The number of rotatable bonds is 7. The molecule has 1 aliphatic heterocycles. The highest BCUT2D eigenvalue weighted by molar-refractivity contribution is 7.93. The third kappa shape index (κ3) is 4.90. The molecule has 0 fully saturated rings. The molecular formula is C19H17Cl2FN6O2S2. The smallest absolute Gasteiger partial charge is 0.266 e. The number of sulfonamides is 1. The minimum atomic E-state index is -4.22. The van der Waals surface area contributed by atoms with E-state index in [4.69, 9.17) is 28.9 Å². The maximum absolute atomic E-state index is 14.7. The second-order valence-electron chi connectivity index (χ2n) is 6.89. The normalized spacial score (nSPS) is 13.8. The van der Waals surface area contributed by atoms with Crippen molar-refractivity contribution in [3.8, 4) is 0 Å². The number of anilines is 3. The van der Waals surface area contributed by atoms with Crippen molar-refractivity contribution in [3.05, 3.63) is 70.0 Å². The van der Waals surface area contributed by atoms with Crippen molar-refractivity contribution in [2.45, 2.75) is 17.9 Å². The molecule has 0 amide bonds. The van der Waals surface area contributed by atoms with E-state index in [1.165, 1.54) is 6.33 Å². The molecule has 0 atom stereocenters. The monoisotopic (exact) mass is 514 g/mol. The Morgan fingerprint density at radius 3 is 2.75 bits per heavy atom. The molecule has 0 radical (unpaired) electrons. The van der Waals surface area contributed by atoms with E-state index in [1.54, 1.807) is 6.07 Å². The van der Waals surface area contributed by atoms with Crippen LogP contribution in [0.1, 0.15) is 12.0 Å². The Morgan fingerprint density at radius 2 is 2.06 bits per heavy atom. The first-order valence-electron chi connectivity index (χ1n) is 9.26. The molecular weight excluding hydrogens is 498 g/mol. The topological polar surface area (TPSA) is 113 Å². The van der Waals surface area contributed by atoms with Crippen LogP contribution in [0.4, 0.5) is 20.9 Å². The van der Waals surface area contributed by atoms with Crippen molar-refractivity contribution in [3.63, 3.8) is 0 Å². The van der Waals surface area contributed by atoms with E-state index < -0.39 is 20.7 Å². The zero-order valence-electron chi connectivity index (χ0n) is 16.3. The molecule has 2 aromatic carbocycles. The van der Waals surface area contributed by atoms with Gasteiger partial charge in [0.05, 0.1) is 10.7 Å². The summed E-state index contributed by atoms with van der Waals surface area (Å²) in [7, 11) is -4.22. The van der Waals surface area contributed by atoms with E-state index in [1.807, 2.05) is 23.2 Å². The van der Waals surface area contributed by atoms with E-state index in [-0.39, 0.29) is 15.8 Å². The maximum atomic E-state index is 14.7. The number of hydrogen-bond acceptors (Lipinski definition) is 8. The van der Waals surface area contributed by atoms with Gasteiger partial charge in [0.25, 0.3) is 10.0 Å². The molecule has 4 N–H and O–H groups in total. The standard InChI is InChI=1S/C19H17Cl2FN6O2S2/c20-12-2-1-11(17(5-12)28-4-3-13(23)9-28)8-24-16-7-15(22)18(6-14(16)21)32(29,30)27-19-25-10-26-31-19/h1-2,5-7,9-10,24H,3-4,8,23H2,(H,25,26,27). The Kier molecular flexibility index (Phi) is 6.42. The summed E-state index contributed by atoms with van der Waals surface area (Å²) >= 11 is 13.3. The van der Waals surface area contributed by atoms with Crippen LogP contribution in [0.15, 0.2) is 53.5 Å². The minimum Gasteiger partial charge on any atom is -0.401 e. The fourth-order valence-electron chi connectivity index (χ4n) is 3.17. The van der Waals surface area contributed by atoms with Gasteiger partial charge in [-0.25, -0.2) is 17.8 Å². The van der Waals surface area contributed by atoms with Gasteiger partial charge in [-0.3, -0.25) is 4.72 Å². The molecule has 13 heteroatoms. The van der Waals surface area contributed by atoms with Gasteiger partial charge in [-0.05, 0) is 29.8 Å². The number of aromatic nitrogens is 2. The van der Waals surface area contributed by atoms with E-state index in [9.17, 15) is 12.8 Å². The fourth-order valence-corrected chi connectivity index (χ4v) is 5.38. The molecule has 0 saturated heterocycles. The van der Waals surface area contributed by atoms with Crippen LogP contribution < -0.4 is 20.7 Å². The third-order valence-corrected chi connectivity index (χ3v) is 7.29. The Balaban J connectivity index is 1.56. The molecule has 8 nitrogen and oxygen atoms in total. The summed E-state index contributed by atoms with van der Waals surface area (Å²) in [5.74, 6) is -0.958. The van der Waals surface area contributed by atoms with Crippen molar-refractivity contribution < 1.29 is 12.8 Å². The van der Waals surface area contributed by atoms with Crippen LogP contribution in [0.5, 0.6) is 0 Å². The number of benzene rings is 2. The largest absolute Gasteiger partial charge is 0.401 e. The first-order valence-corrected chi connectivity index (χ1v) is 12.3. The van der Waals surface area contributed by atoms with Gasteiger partial charge >= 0.3 is 0 Å². The average molecular weight is 515 g/mol. The van der Waals surface area contributed by atoms with Crippen LogP contribution >= 0.6 is 34.7 Å². The van der Waals surface area contributed by atoms with Crippen LogP contribution in [-0.4, -0.2) is 24.3 Å². The summed E-state index contributed by atoms with van der Waals surface area (Å²) in [6.45, 7) is 1.02. The number of nitrogens with two attached hydrogens (primary N) is 1. The second-order valence-corrected chi connectivity index (χ2v) is 10.2. The Hall–Kier alpha value is -2.60. The number of halogens is 3. The molecule has 2 heterocycles. The van der Waals surface area contributed by atoms with E-state index >= 15 is 0 Å². The lowest BCUT2D eigenvalue weighted by Crippen LogP contribution is -2.16.